The average molecular weight is 210 g/mol. The van der Waals surface area contributed by atoms with Gasteiger partial charge in [0.05, 0.1) is 6.04 Å². The van der Waals surface area contributed by atoms with E-state index in [1.165, 1.54) is 0 Å². The molecule has 0 spiro atoms. The highest BCUT2D eigenvalue weighted by molar-refractivity contribution is 5.00. The largest absolute Gasteiger partial charge is 0.343 e. The third-order valence-electron chi connectivity index (χ3n) is 2.70. The highest BCUT2D eigenvalue weighted by Gasteiger charge is 2.30. The fourth-order valence-electron chi connectivity index (χ4n) is 1.88. The smallest absolute Gasteiger partial charge is 0.321 e. The van der Waals surface area contributed by atoms with Crippen LogP contribution in [0.15, 0.2) is 4.79 Å². The molecular weight excluding hydrogens is 192 g/mol. The van der Waals surface area contributed by atoms with Crippen LogP contribution in [-0.2, 0) is 0 Å². The van der Waals surface area contributed by atoms with Gasteiger partial charge in [0.1, 0.15) is 0 Å². The van der Waals surface area contributed by atoms with Crippen molar-refractivity contribution in [3.63, 3.8) is 0 Å². The van der Waals surface area contributed by atoms with Crippen LogP contribution in [0.25, 0.3) is 0 Å². The molecule has 15 heavy (non-hydrogen) atoms. The van der Waals surface area contributed by atoms with Crippen LogP contribution in [0.3, 0.4) is 0 Å². The first-order chi connectivity index (χ1) is 7.09. The molecule has 84 valence electrons. The second-order valence-corrected chi connectivity index (χ2v) is 4.72. The predicted molar refractivity (Wildman–Crippen MR) is 57.5 cm³/mol. The van der Waals surface area contributed by atoms with Gasteiger partial charge in [-0.3, -0.25) is 4.57 Å². The Bertz CT molecular complexity index is 388. The topological polar surface area (TPSA) is 76.7 Å². The monoisotopic (exact) mass is 210 g/mol. The molecule has 5 heteroatoms. The summed E-state index contributed by atoms with van der Waals surface area (Å²) in [4.78, 5) is 11.5. The number of aromatic amines is 1. The first-order valence-corrected chi connectivity index (χ1v) is 5.52. The molecule has 0 unspecified atom stereocenters. The molecule has 1 aliphatic rings. The number of hydrogen-bond donors (Lipinski definition) is 2. The average Bonchev–Trinajstić information content (AvgIpc) is 2.89. The Morgan fingerprint density at radius 3 is 2.80 bits per heavy atom. The lowest BCUT2D eigenvalue weighted by Crippen LogP contribution is -2.23. The molecule has 1 saturated carbocycles. The van der Waals surface area contributed by atoms with Crippen LogP contribution in [0.2, 0.25) is 0 Å². The zero-order valence-corrected chi connectivity index (χ0v) is 9.23. The van der Waals surface area contributed by atoms with Crippen LogP contribution in [-0.4, -0.2) is 14.8 Å². The van der Waals surface area contributed by atoms with Crippen molar-refractivity contribution in [2.75, 3.05) is 0 Å². The molecule has 0 aliphatic heterocycles. The molecule has 1 atom stereocenters. The summed E-state index contributed by atoms with van der Waals surface area (Å²) in [6.45, 7) is 4.23. The quantitative estimate of drug-likeness (QED) is 0.776. The maximum absolute atomic E-state index is 11.5. The van der Waals surface area contributed by atoms with Crippen LogP contribution >= 0.6 is 0 Å². The number of rotatable bonds is 4. The molecule has 1 aromatic heterocycles. The summed E-state index contributed by atoms with van der Waals surface area (Å²) in [5, 5.41) is 6.52. The van der Waals surface area contributed by atoms with Gasteiger partial charge in [-0.1, -0.05) is 13.8 Å². The van der Waals surface area contributed by atoms with Gasteiger partial charge >= 0.3 is 5.69 Å². The standard InChI is InChI=1S/C10H18N4O/c1-6(2)5-8(11)9-12-13-10(15)14(9)7-3-4-7/h6-8H,3-5,11H2,1-2H3,(H,13,15)/t8-/m0/s1. The van der Waals surface area contributed by atoms with E-state index < -0.39 is 0 Å². The van der Waals surface area contributed by atoms with Crippen molar-refractivity contribution < 1.29 is 0 Å². The van der Waals surface area contributed by atoms with Crippen LogP contribution in [0, 0.1) is 5.92 Å². The van der Waals surface area contributed by atoms with Gasteiger partial charge in [-0.15, -0.1) is 0 Å². The van der Waals surface area contributed by atoms with Gasteiger partial charge in [0, 0.05) is 6.04 Å². The Morgan fingerprint density at radius 2 is 2.27 bits per heavy atom. The highest BCUT2D eigenvalue weighted by Crippen LogP contribution is 2.35. The van der Waals surface area contributed by atoms with Gasteiger partial charge in [0.25, 0.3) is 0 Å². The Morgan fingerprint density at radius 1 is 1.60 bits per heavy atom. The first kappa shape index (κ1) is 10.4. The minimum atomic E-state index is -0.135. The molecule has 0 radical (unpaired) electrons. The normalized spacial score (nSPS) is 18.4. The third kappa shape index (κ3) is 2.12. The van der Waals surface area contributed by atoms with E-state index >= 15 is 0 Å². The predicted octanol–water partition coefficient (Wildman–Crippen LogP) is 0.952. The Labute approximate surface area is 88.7 Å². The van der Waals surface area contributed by atoms with Crippen molar-refractivity contribution in [1.29, 1.82) is 0 Å². The summed E-state index contributed by atoms with van der Waals surface area (Å²) in [5.41, 5.74) is 5.91. The molecule has 3 N–H and O–H groups in total. The van der Waals surface area contributed by atoms with Gasteiger partial charge in [-0.05, 0) is 25.2 Å². The fourth-order valence-corrected chi connectivity index (χ4v) is 1.88. The number of H-pyrrole nitrogens is 1. The van der Waals surface area contributed by atoms with E-state index in [0.29, 0.717) is 12.0 Å². The van der Waals surface area contributed by atoms with E-state index in [0.717, 1.165) is 25.1 Å². The number of nitrogens with two attached hydrogens (primary N) is 1. The summed E-state index contributed by atoms with van der Waals surface area (Å²) in [6.07, 6.45) is 3.00. The second-order valence-electron chi connectivity index (χ2n) is 4.72. The van der Waals surface area contributed by atoms with E-state index in [-0.39, 0.29) is 11.7 Å². The lowest BCUT2D eigenvalue weighted by molar-refractivity contribution is 0.472. The first-order valence-electron chi connectivity index (χ1n) is 5.52. The summed E-state index contributed by atoms with van der Waals surface area (Å²) < 4.78 is 1.73. The maximum atomic E-state index is 11.5. The molecule has 5 nitrogen and oxygen atoms in total. The van der Waals surface area contributed by atoms with E-state index in [9.17, 15) is 4.79 Å². The van der Waals surface area contributed by atoms with Gasteiger partial charge in [-0.25, -0.2) is 9.89 Å². The zero-order valence-electron chi connectivity index (χ0n) is 9.23. The maximum Gasteiger partial charge on any atom is 0.343 e. The molecule has 1 heterocycles. The van der Waals surface area contributed by atoms with Crippen molar-refractivity contribution in [2.24, 2.45) is 11.7 Å². The summed E-state index contributed by atoms with van der Waals surface area (Å²) in [5.74, 6) is 1.23. The van der Waals surface area contributed by atoms with Crippen molar-refractivity contribution in [2.45, 2.75) is 45.2 Å². The van der Waals surface area contributed by atoms with Crippen LogP contribution < -0.4 is 11.4 Å². The Balaban J connectivity index is 2.23. The molecule has 1 fully saturated rings. The highest BCUT2D eigenvalue weighted by atomic mass is 16.1. The molecule has 2 rings (SSSR count). The van der Waals surface area contributed by atoms with Crippen molar-refractivity contribution in [3.8, 4) is 0 Å². The Kier molecular flexibility index (Phi) is 2.65. The lowest BCUT2D eigenvalue weighted by atomic mass is 10.0. The van der Waals surface area contributed by atoms with E-state index in [4.69, 9.17) is 5.73 Å². The lowest BCUT2D eigenvalue weighted by Gasteiger charge is -2.13. The summed E-state index contributed by atoms with van der Waals surface area (Å²) in [7, 11) is 0. The number of aromatic nitrogens is 3. The summed E-state index contributed by atoms with van der Waals surface area (Å²) >= 11 is 0. The zero-order chi connectivity index (χ0) is 11.0. The van der Waals surface area contributed by atoms with E-state index in [1.807, 2.05) is 0 Å². The van der Waals surface area contributed by atoms with Gasteiger partial charge in [0.2, 0.25) is 0 Å². The molecule has 1 aliphatic carbocycles. The van der Waals surface area contributed by atoms with Crippen molar-refractivity contribution in [3.05, 3.63) is 16.3 Å². The minimum absolute atomic E-state index is 0.119. The Hall–Kier alpha value is -1.10. The number of nitrogens with zero attached hydrogens (tertiary/aromatic N) is 2. The van der Waals surface area contributed by atoms with Crippen molar-refractivity contribution in [1.82, 2.24) is 14.8 Å². The van der Waals surface area contributed by atoms with Crippen LogP contribution in [0.5, 0.6) is 0 Å². The van der Waals surface area contributed by atoms with E-state index in [2.05, 4.69) is 24.0 Å². The summed E-state index contributed by atoms with van der Waals surface area (Å²) in [6, 6.07) is 0.203. The molecule has 0 saturated heterocycles. The number of nitrogens with one attached hydrogen (secondary N) is 1. The molecule has 0 bridgehead atoms. The molecule has 0 aromatic carbocycles. The fraction of sp³-hybridized carbons (Fsp3) is 0.800. The van der Waals surface area contributed by atoms with E-state index in [1.54, 1.807) is 4.57 Å². The molecule has 0 amide bonds. The molecule has 1 aromatic rings. The van der Waals surface area contributed by atoms with Gasteiger partial charge in [-0.2, -0.15) is 5.10 Å². The van der Waals surface area contributed by atoms with Crippen molar-refractivity contribution >= 4 is 0 Å². The SMILES string of the molecule is CC(C)C[C@H](N)c1n[nH]c(=O)n1C1CC1. The number of hydrogen-bond acceptors (Lipinski definition) is 3. The van der Waals surface area contributed by atoms with Crippen LogP contribution in [0.1, 0.15) is 51.0 Å². The third-order valence-corrected chi connectivity index (χ3v) is 2.70. The van der Waals surface area contributed by atoms with Gasteiger partial charge < -0.3 is 5.73 Å². The van der Waals surface area contributed by atoms with Crippen LogP contribution in [0.4, 0.5) is 0 Å². The minimum Gasteiger partial charge on any atom is -0.321 e. The second kappa shape index (κ2) is 3.81. The van der Waals surface area contributed by atoms with Gasteiger partial charge in [0.15, 0.2) is 5.82 Å². The molecular formula is C10H18N4O.